The van der Waals surface area contributed by atoms with Crippen molar-refractivity contribution in [1.82, 2.24) is 4.90 Å². The van der Waals surface area contributed by atoms with Gasteiger partial charge in [0.2, 0.25) is 0 Å². The van der Waals surface area contributed by atoms with Crippen LogP contribution in [0.15, 0.2) is 28.7 Å². The van der Waals surface area contributed by atoms with Crippen LogP contribution in [0.3, 0.4) is 0 Å². The van der Waals surface area contributed by atoms with Crippen LogP contribution in [0.5, 0.6) is 5.75 Å². The average molecular weight is 428 g/mol. The first-order valence-corrected chi connectivity index (χ1v) is 9.27. The van der Waals surface area contributed by atoms with Crippen molar-refractivity contribution in [1.29, 1.82) is 0 Å². The van der Waals surface area contributed by atoms with Crippen molar-refractivity contribution in [3.63, 3.8) is 0 Å². The summed E-state index contributed by atoms with van der Waals surface area (Å²) in [7, 11) is 0. The molecular formula is C18H22BrNO6. The topological polar surface area (TPSA) is 82.1 Å². The summed E-state index contributed by atoms with van der Waals surface area (Å²) in [5, 5.41) is 0. The largest absolute Gasteiger partial charge is 0.482 e. The molecule has 0 saturated carbocycles. The number of halogens is 1. The maximum atomic E-state index is 12.1. The molecule has 0 radical (unpaired) electrons. The molecule has 1 aliphatic heterocycles. The van der Waals surface area contributed by atoms with Crippen LogP contribution in [0, 0.1) is 5.92 Å². The minimum atomic E-state index is -0.609. The monoisotopic (exact) mass is 427 g/mol. The van der Waals surface area contributed by atoms with Crippen LogP contribution in [-0.4, -0.2) is 55.7 Å². The van der Waals surface area contributed by atoms with E-state index in [1.165, 1.54) is 0 Å². The van der Waals surface area contributed by atoms with E-state index in [0.717, 1.165) is 4.47 Å². The van der Waals surface area contributed by atoms with Gasteiger partial charge in [-0.15, -0.1) is 0 Å². The van der Waals surface area contributed by atoms with Crippen molar-refractivity contribution in [2.24, 2.45) is 5.92 Å². The van der Waals surface area contributed by atoms with E-state index in [0.29, 0.717) is 38.3 Å². The second kappa shape index (κ2) is 10.2. The number of hydrogen-bond donors (Lipinski definition) is 0. The Morgan fingerprint density at radius 3 is 2.35 bits per heavy atom. The first kappa shape index (κ1) is 20.2. The lowest BCUT2D eigenvalue weighted by Crippen LogP contribution is -2.42. The van der Waals surface area contributed by atoms with Gasteiger partial charge in [0.15, 0.2) is 13.2 Å². The molecule has 1 amide bonds. The van der Waals surface area contributed by atoms with Crippen LogP contribution in [0.25, 0.3) is 0 Å². The number of carbonyl (C=O) groups is 3. The standard InChI is InChI=1S/C18H22BrNO6/c1-2-24-18(23)13-7-9-20(10-8-13)16(21)11-26-17(22)12-25-15-5-3-14(19)4-6-15/h3-6,13H,2,7-12H2,1H3. The van der Waals surface area contributed by atoms with Crippen molar-refractivity contribution in [2.45, 2.75) is 19.8 Å². The summed E-state index contributed by atoms with van der Waals surface area (Å²) >= 11 is 3.31. The summed E-state index contributed by atoms with van der Waals surface area (Å²) in [5.74, 6) is -0.721. The van der Waals surface area contributed by atoms with Gasteiger partial charge in [0.05, 0.1) is 12.5 Å². The lowest BCUT2D eigenvalue weighted by Gasteiger charge is -2.30. The first-order valence-electron chi connectivity index (χ1n) is 8.48. The quantitative estimate of drug-likeness (QED) is 0.620. The van der Waals surface area contributed by atoms with Crippen LogP contribution in [0.4, 0.5) is 0 Å². The molecule has 1 aromatic carbocycles. The molecule has 7 nitrogen and oxygen atoms in total. The van der Waals surface area contributed by atoms with Gasteiger partial charge in [-0.25, -0.2) is 4.79 Å². The van der Waals surface area contributed by atoms with E-state index in [1.807, 2.05) is 0 Å². The van der Waals surface area contributed by atoms with Gasteiger partial charge >= 0.3 is 11.9 Å². The molecule has 8 heteroatoms. The minimum Gasteiger partial charge on any atom is -0.482 e. The van der Waals surface area contributed by atoms with E-state index in [-0.39, 0.29) is 31.0 Å². The summed E-state index contributed by atoms with van der Waals surface area (Å²) in [6.07, 6.45) is 1.12. The Morgan fingerprint density at radius 2 is 1.73 bits per heavy atom. The zero-order chi connectivity index (χ0) is 18.9. The zero-order valence-corrected chi connectivity index (χ0v) is 16.2. The number of hydrogen-bond acceptors (Lipinski definition) is 6. The number of carbonyl (C=O) groups excluding carboxylic acids is 3. The van der Waals surface area contributed by atoms with Crippen molar-refractivity contribution >= 4 is 33.8 Å². The summed E-state index contributed by atoms with van der Waals surface area (Å²) in [5.41, 5.74) is 0. The van der Waals surface area contributed by atoms with Crippen molar-refractivity contribution in [3.05, 3.63) is 28.7 Å². The summed E-state index contributed by atoms with van der Waals surface area (Å²) in [6.45, 7) is 2.44. The lowest BCUT2D eigenvalue weighted by atomic mass is 9.97. The number of likely N-dealkylation sites (tertiary alicyclic amines) is 1. The van der Waals surface area contributed by atoms with Gasteiger partial charge in [-0.1, -0.05) is 15.9 Å². The van der Waals surface area contributed by atoms with Crippen molar-refractivity contribution < 1.29 is 28.6 Å². The second-order valence-corrected chi connectivity index (χ2v) is 6.73. The molecule has 2 rings (SSSR count). The van der Waals surface area contributed by atoms with E-state index in [9.17, 15) is 14.4 Å². The summed E-state index contributed by atoms with van der Waals surface area (Å²) in [6, 6.07) is 7.03. The zero-order valence-electron chi connectivity index (χ0n) is 14.6. The predicted octanol–water partition coefficient (Wildman–Crippen LogP) is 2.17. The molecule has 0 aromatic heterocycles. The number of piperidine rings is 1. The second-order valence-electron chi connectivity index (χ2n) is 5.81. The van der Waals surface area contributed by atoms with E-state index in [4.69, 9.17) is 14.2 Å². The van der Waals surface area contributed by atoms with Gasteiger partial charge in [0, 0.05) is 17.6 Å². The third-order valence-corrected chi connectivity index (χ3v) is 4.52. The minimum absolute atomic E-state index is 0.166. The highest BCUT2D eigenvalue weighted by Gasteiger charge is 2.28. The highest BCUT2D eigenvalue weighted by Crippen LogP contribution is 2.19. The van der Waals surface area contributed by atoms with Gasteiger partial charge in [0.1, 0.15) is 5.75 Å². The number of ether oxygens (including phenoxy) is 3. The third kappa shape index (κ3) is 6.33. The molecule has 0 unspecified atom stereocenters. The highest BCUT2D eigenvalue weighted by molar-refractivity contribution is 9.10. The Bertz CT molecular complexity index is 625. The van der Waals surface area contributed by atoms with Gasteiger partial charge in [-0.3, -0.25) is 9.59 Å². The van der Waals surface area contributed by atoms with Crippen LogP contribution >= 0.6 is 15.9 Å². The molecule has 0 aliphatic carbocycles. The molecule has 0 N–H and O–H groups in total. The molecule has 1 saturated heterocycles. The van der Waals surface area contributed by atoms with Gasteiger partial charge < -0.3 is 19.1 Å². The molecule has 1 aliphatic rings. The molecule has 142 valence electrons. The maximum absolute atomic E-state index is 12.1. The average Bonchev–Trinajstić information content (AvgIpc) is 2.66. The van der Waals surface area contributed by atoms with Gasteiger partial charge in [0.25, 0.3) is 5.91 Å². The molecule has 0 bridgehead atoms. The third-order valence-electron chi connectivity index (χ3n) is 3.99. The fraction of sp³-hybridized carbons (Fsp3) is 0.500. The Morgan fingerprint density at radius 1 is 1.08 bits per heavy atom. The molecule has 1 aromatic rings. The normalized spacial score (nSPS) is 14.6. The van der Waals surface area contributed by atoms with Gasteiger partial charge in [-0.05, 0) is 44.0 Å². The fourth-order valence-electron chi connectivity index (χ4n) is 2.57. The van der Waals surface area contributed by atoms with Crippen LogP contribution < -0.4 is 4.74 Å². The Kier molecular flexibility index (Phi) is 7.90. The van der Waals surface area contributed by atoms with Crippen molar-refractivity contribution in [2.75, 3.05) is 32.9 Å². The lowest BCUT2D eigenvalue weighted by molar-refractivity contribution is -0.155. The van der Waals surface area contributed by atoms with E-state index < -0.39 is 5.97 Å². The van der Waals surface area contributed by atoms with Crippen LogP contribution in [0.1, 0.15) is 19.8 Å². The highest BCUT2D eigenvalue weighted by atomic mass is 79.9. The molecule has 0 atom stereocenters. The molecule has 1 heterocycles. The number of amides is 1. The summed E-state index contributed by atoms with van der Waals surface area (Å²) < 4.78 is 16.2. The number of esters is 2. The number of nitrogens with zero attached hydrogens (tertiary/aromatic N) is 1. The van der Waals surface area contributed by atoms with Crippen molar-refractivity contribution in [3.8, 4) is 5.75 Å². The van der Waals surface area contributed by atoms with E-state index in [1.54, 1.807) is 36.1 Å². The molecule has 0 spiro atoms. The number of rotatable bonds is 7. The van der Waals surface area contributed by atoms with E-state index in [2.05, 4.69) is 15.9 Å². The Labute approximate surface area is 160 Å². The molecule has 26 heavy (non-hydrogen) atoms. The molecular weight excluding hydrogens is 406 g/mol. The number of benzene rings is 1. The predicted molar refractivity (Wildman–Crippen MR) is 96.5 cm³/mol. The smallest absolute Gasteiger partial charge is 0.344 e. The maximum Gasteiger partial charge on any atom is 0.344 e. The Hall–Kier alpha value is -2.09. The fourth-order valence-corrected chi connectivity index (χ4v) is 2.84. The van der Waals surface area contributed by atoms with Gasteiger partial charge in [-0.2, -0.15) is 0 Å². The van der Waals surface area contributed by atoms with Crippen LogP contribution in [0.2, 0.25) is 0 Å². The Balaban J connectivity index is 1.66. The first-order chi connectivity index (χ1) is 12.5. The van der Waals surface area contributed by atoms with Crippen LogP contribution in [-0.2, 0) is 23.9 Å². The summed E-state index contributed by atoms with van der Waals surface area (Å²) in [4.78, 5) is 37.1. The van der Waals surface area contributed by atoms with E-state index >= 15 is 0 Å². The SMILES string of the molecule is CCOC(=O)C1CCN(C(=O)COC(=O)COc2ccc(Br)cc2)CC1. The molecule has 1 fully saturated rings.